The molecular formula is C27H24N2O6S. The lowest BCUT2D eigenvalue weighted by molar-refractivity contribution is -0.147. The molecular weight excluding hydrogens is 480 g/mol. The maximum atomic E-state index is 12.9. The van der Waals surface area contributed by atoms with Gasteiger partial charge in [0.15, 0.2) is 12.4 Å². The second-order valence-corrected chi connectivity index (χ2v) is 8.78. The van der Waals surface area contributed by atoms with Crippen LogP contribution in [-0.4, -0.2) is 45.8 Å². The van der Waals surface area contributed by atoms with Crippen molar-refractivity contribution >= 4 is 34.9 Å². The Morgan fingerprint density at radius 3 is 2.58 bits per heavy atom. The summed E-state index contributed by atoms with van der Waals surface area (Å²) in [5.74, 6) is -1.30. The number of nitrogens with two attached hydrogens (primary N) is 1. The maximum Gasteiger partial charge on any atom is 0.344 e. The highest BCUT2D eigenvalue weighted by Gasteiger charge is 2.30. The zero-order valence-corrected chi connectivity index (χ0v) is 20.3. The van der Waals surface area contributed by atoms with Crippen molar-refractivity contribution in [3.05, 3.63) is 94.0 Å². The fourth-order valence-corrected chi connectivity index (χ4v) is 4.03. The topological polar surface area (TPSA) is 119 Å². The van der Waals surface area contributed by atoms with Gasteiger partial charge < -0.3 is 25.2 Å². The molecule has 36 heavy (non-hydrogen) atoms. The van der Waals surface area contributed by atoms with Crippen molar-refractivity contribution in [2.45, 2.75) is 20.1 Å². The molecule has 3 N–H and O–H groups in total. The lowest BCUT2D eigenvalue weighted by Crippen LogP contribution is -2.30. The van der Waals surface area contributed by atoms with Crippen LogP contribution in [0.2, 0.25) is 0 Å². The number of benzene rings is 3. The number of phenols is 1. The summed E-state index contributed by atoms with van der Waals surface area (Å²) in [4.78, 5) is 39.3. The molecule has 1 heterocycles. The zero-order valence-electron chi connectivity index (χ0n) is 19.5. The Kier molecular flexibility index (Phi) is 7.30. The molecule has 0 saturated heterocycles. The number of aromatic hydroxyl groups is 1. The van der Waals surface area contributed by atoms with Gasteiger partial charge >= 0.3 is 5.97 Å². The van der Waals surface area contributed by atoms with Crippen LogP contribution in [0.25, 0.3) is 0 Å². The number of esters is 1. The first kappa shape index (κ1) is 24.9. The van der Waals surface area contributed by atoms with Crippen molar-refractivity contribution in [3.8, 4) is 11.5 Å². The summed E-state index contributed by atoms with van der Waals surface area (Å²) in [7, 11) is 0. The monoisotopic (exact) mass is 504 g/mol. The van der Waals surface area contributed by atoms with Crippen LogP contribution in [0.1, 0.15) is 43.0 Å². The number of rotatable bonds is 9. The van der Waals surface area contributed by atoms with Gasteiger partial charge in [-0.1, -0.05) is 48.6 Å². The zero-order chi connectivity index (χ0) is 25.8. The molecule has 8 nitrogen and oxygen atoms in total. The Morgan fingerprint density at radius 2 is 1.86 bits per heavy atom. The van der Waals surface area contributed by atoms with Gasteiger partial charge in [0.05, 0.1) is 12.1 Å². The minimum atomic E-state index is -0.566. The van der Waals surface area contributed by atoms with E-state index in [4.69, 9.17) is 27.4 Å². The fourth-order valence-electron chi connectivity index (χ4n) is 3.90. The number of carbonyl (C=O) groups is 3. The van der Waals surface area contributed by atoms with Crippen molar-refractivity contribution in [1.82, 2.24) is 4.90 Å². The van der Waals surface area contributed by atoms with Gasteiger partial charge in [-0.25, -0.2) is 4.79 Å². The molecule has 0 aromatic heterocycles. The molecule has 0 saturated carbocycles. The summed E-state index contributed by atoms with van der Waals surface area (Å²) in [6.07, 6.45) is 0. The first-order valence-corrected chi connectivity index (χ1v) is 11.6. The van der Waals surface area contributed by atoms with Crippen LogP contribution in [0.15, 0.2) is 60.7 Å². The molecule has 0 atom stereocenters. The van der Waals surface area contributed by atoms with Gasteiger partial charge in [0.25, 0.3) is 5.91 Å². The minimum absolute atomic E-state index is 0.0547. The van der Waals surface area contributed by atoms with Gasteiger partial charge in [-0.05, 0) is 42.3 Å². The predicted octanol–water partition coefficient (Wildman–Crippen LogP) is 3.30. The molecule has 0 aliphatic carbocycles. The van der Waals surface area contributed by atoms with Crippen LogP contribution < -0.4 is 10.5 Å². The Hall–Kier alpha value is -4.24. The number of thiocarbonyl (C=S) groups is 1. The standard InChI is InChI=1S/C27H24N2O6S/c1-16-23(34-15-24(31)35-14-17-5-3-2-4-6-17)10-9-21(25(16)32)22(30)13-29-12-19-11-18(26(28)36)7-8-20(19)27(29)33/h2-11,32H,12-15H2,1H3,(H2,28,36). The number of ketones is 1. The summed E-state index contributed by atoms with van der Waals surface area (Å²) >= 11 is 4.99. The third-order valence-electron chi connectivity index (χ3n) is 5.87. The summed E-state index contributed by atoms with van der Waals surface area (Å²) < 4.78 is 10.7. The van der Waals surface area contributed by atoms with E-state index in [1.165, 1.54) is 17.0 Å². The SMILES string of the molecule is Cc1c(OCC(=O)OCc2ccccc2)ccc(C(=O)CN2Cc3cc(C(N)=S)ccc3C2=O)c1O. The number of phenolic OH excluding ortho intramolecular Hbond substituents is 1. The van der Waals surface area contributed by atoms with Crippen molar-refractivity contribution < 1.29 is 29.0 Å². The molecule has 0 radical (unpaired) electrons. The highest BCUT2D eigenvalue weighted by molar-refractivity contribution is 7.80. The molecule has 0 fully saturated rings. The van der Waals surface area contributed by atoms with Gasteiger partial charge in [-0.3, -0.25) is 9.59 Å². The highest BCUT2D eigenvalue weighted by atomic mass is 32.1. The van der Waals surface area contributed by atoms with Crippen molar-refractivity contribution in [1.29, 1.82) is 0 Å². The van der Waals surface area contributed by atoms with Crippen molar-refractivity contribution in [2.24, 2.45) is 5.73 Å². The molecule has 0 unspecified atom stereocenters. The Balaban J connectivity index is 1.37. The average Bonchev–Trinajstić information content (AvgIpc) is 3.18. The Labute approximate surface area is 213 Å². The molecule has 4 rings (SSSR count). The van der Waals surface area contributed by atoms with Gasteiger partial charge in [-0.2, -0.15) is 0 Å². The molecule has 3 aromatic rings. The Bertz CT molecular complexity index is 1360. The lowest BCUT2D eigenvalue weighted by Gasteiger charge is -2.16. The third-order valence-corrected chi connectivity index (χ3v) is 6.11. The lowest BCUT2D eigenvalue weighted by atomic mass is 10.0. The summed E-state index contributed by atoms with van der Waals surface area (Å²) in [5.41, 5.74) is 8.76. The van der Waals surface area contributed by atoms with Crippen LogP contribution >= 0.6 is 12.2 Å². The van der Waals surface area contributed by atoms with E-state index in [2.05, 4.69) is 0 Å². The number of carbonyl (C=O) groups excluding carboxylic acids is 3. The normalized spacial score (nSPS) is 12.2. The molecule has 0 bridgehead atoms. The van der Waals surface area contributed by atoms with E-state index in [0.29, 0.717) is 16.7 Å². The molecule has 0 spiro atoms. The van der Waals surface area contributed by atoms with Crippen LogP contribution in [0.5, 0.6) is 11.5 Å². The van der Waals surface area contributed by atoms with E-state index in [9.17, 15) is 19.5 Å². The van der Waals surface area contributed by atoms with Gasteiger partial charge in [0.2, 0.25) is 0 Å². The molecule has 1 aliphatic rings. The number of fused-ring (bicyclic) bond motifs is 1. The average molecular weight is 505 g/mol. The summed E-state index contributed by atoms with van der Waals surface area (Å²) in [5, 5.41) is 10.6. The van der Waals surface area contributed by atoms with Crippen LogP contribution in [0.4, 0.5) is 0 Å². The number of hydrogen-bond donors (Lipinski definition) is 2. The second-order valence-electron chi connectivity index (χ2n) is 8.34. The van der Waals surface area contributed by atoms with E-state index in [1.807, 2.05) is 30.3 Å². The predicted molar refractivity (Wildman–Crippen MR) is 136 cm³/mol. The second kappa shape index (κ2) is 10.6. The van der Waals surface area contributed by atoms with Gasteiger partial charge in [0, 0.05) is 23.2 Å². The van der Waals surface area contributed by atoms with E-state index in [-0.39, 0.29) is 54.3 Å². The summed E-state index contributed by atoms with van der Waals surface area (Å²) in [6, 6.07) is 17.2. The highest BCUT2D eigenvalue weighted by Crippen LogP contribution is 2.32. The smallest absolute Gasteiger partial charge is 0.344 e. The molecule has 9 heteroatoms. The van der Waals surface area contributed by atoms with Crippen molar-refractivity contribution in [3.63, 3.8) is 0 Å². The molecule has 1 aliphatic heterocycles. The number of amides is 1. The van der Waals surface area contributed by atoms with E-state index in [0.717, 1.165) is 11.1 Å². The van der Waals surface area contributed by atoms with E-state index in [1.54, 1.807) is 25.1 Å². The maximum absolute atomic E-state index is 12.9. The molecule has 184 valence electrons. The first-order valence-electron chi connectivity index (χ1n) is 11.1. The van der Waals surface area contributed by atoms with E-state index < -0.39 is 11.8 Å². The van der Waals surface area contributed by atoms with Crippen molar-refractivity contribution in [2.75, 3.05) is 13.2 Å². The fraction of sp³-hybridized carbons (Fsp3) is 0.185. The number of nitrogens with zero attached hydrogens (tertiary/aromatic N) is 1. The van der Waals surface area contributed by atoms with Gasteiger partial charge in [0.1, 0.15) is 23.1 Å². The minimum Gasteiger partial charge on any atom is -0.507 e. The number of ether oxygens (including phenoxy) is 2. The third kappa shape index (κ3) is 5.36. The van der Waals surface area contributed by atoms with E-state index >= 15 is 0 Å². The Morgan fingerprint density at radius 1 is 1.11 bits per heavy atom. The summed E-state index contributed by atoms with van der Waals surface area (Å²) in [6.45, 7) is 1.37. The van der Waals surface area contributed by atoms with Crippen LogP contribution in [0, 0.1) is 6.92 Å². The molecule has 3 aromatic carbocycles. The van der Waals surface area contributed by atoms with Crippen LogP contribution in [-0.2, 0) is 22.7 Å². The quantitative estimate of drug-likeness (QED) is 0.259. The number of Topliss-reactive ketones (excluding diaryl/α,β-unsaturated/α-hetero) is 1. The van der Waals surface area contributed by atoms with Gasteiger partial charge in [-0.15, -0.1) is 0 Å². The largest absolute Gasteiger partial charge is 0.507 e. The van der Waals surface area contributed by atoms with Crippen LogP contribution in [0.3, 0.4) is 0 Å². The first-order chi connectivity index (χ1) is 17.2. The number of hydrogen-bond acceptors (Lipinski definition) is 7. The molecule has 1 amide bonds.